The molecular weight excluding hydrogens is 262 g/mol. The SMILES string of the molecule is CCCOc1nc(NN)nc(NC(C)C(=O)NCC)n1. The fraction of sp³-hybridized carbons (Fsp3) is 0.636. The highest BCUT2D eigenvalue weighted by Crippen LogP contribution is 2.11. The smallest absolute Gasteiger partial charge is 0.323 e. The van der Waals surface area contributed by atoms with Gasteiger partial charge in [-0.15, -0.1) is 0 Å². The van der Waals surface area contributed by atoms with E-state index in [1.165, 1.54) is 0 Å². The Kier molecular flexibility index (Phi) is 6.44. The number of aromatic nitrogens is 3. The third kappa shape index (κ3) is 4.84. The molecule has 9 heteroatoms. The molecule has 1 amide bonds. The second kappa shape index (κ2) is 8.10. The Hall–Kier alpha value is -2.16. The number of anilines is 2. The minimum absolute atomic E-state index is 0.147. The normalized spacial score (nSPS) is 11.6. The van der Waals surface area contributed by atoms with Gasteiger partial charge in [-0.1, -0.05) is 6.92 Å². The lowest BCUT2D eigenvalue weighted by molar-refractivity contribution is -0.121. The number of hydrogen-bond acceptors (Lipinski definition) is 8. The van der Waals surface area contributed by atoms with Crippen molar-refractivity contribution in [3.63, 3.8) is 0 Å². The first-order chi connectivity index (χ1) is 9.60. The monoisotopic (exact) mass is 283 g/mol. The highest BCUT2D eigenvalue weighted by Gasteiger charge is 2.14. The van der Waals surface area contributed by atoms with E-state index in [1.807, 2.05) is 13.8 Å². The van der Waals surface area contributed by atoms with E-state index in [-0.39, 0.29) is 23.8 Å². The molecule has 1 aromatic rings. The summed E-state index contributed by atoms with van der Waals surface area (Å²) >= 11 is 0. The lowest BCUT2D eigenvalue weighted by atomic mass is 10.3. The number of nitrogens with one attached hydrogen (secondary N) is 3. The number of nitrogens with two attached hydrogens (primary N) is 1. The third-order valence-corrected chi connectivity index (χ3v) is 2.27. The molecule has 0 radical (unpaired) electrons. The van der Waals surface area contributed by atoms with Gasteiger partial charge in [-0.25, -0.2) is 5.84 Å². The van der Waals surface area contributed by atoms with Crippen LogP contribution in [0, 0.1) is 0 Å². The maximum Gasteiger partial charge on any atom is 0.323 e. The molecule has 1 aromatic heterocycles. The number of likely N-dealkylation sites (N-methyl/N-ethyl adjacent to an activating group) is 1. The fourth-order valence-electron chi connectivity index (χ4n) is 1.33. The average molecular weight is 283 g/mol. The molecule has 5 N–H and O–H groups in total. The van der Waals surface area contributed by atoms with Crippen molar-refractivity contribution in [2.24, 2.45) is 5.84 Å². The number of nitrogen functional groups attached to an aromatic ring is 1. The summed E-state index contributed by atoms with van der Waals surface area (Å²) in [7, 11) is 0. The predicted octanol–water partition coefficient (Wildman–Crippen LogP) is -0.117. The van der Waals surface area contributed by atoms with E-state index >= 15 is 0 Å². The minimum atomic E-state index is -0.484. The molecule has 0 saturated carbocycles. The Morgan fingerprint density at radius 2 is 2.00 bits per heavy atom. The highest BCUT2D eigenvalue weighted by atomic mass is 16.5. The second-order valence-corrected chi connectivity index (χ2v) is 4.02. The van der Waals surface area contributed by atoms with Crippen molar-refractivity contribution in [2.45, 2.75) is 33.2 Å². The van der Waals surface area contributed by atoms with Gasteiger partial charge in [-0.3, -0.25) is 10.2 Å². The van der Waals surface area contributed by atoms with E-state index in [0.717, 1.165) is 6.42 Å². The van der Waals surface area contributed by atoms with Crippen LogP contribution in [0.3, 0.4) is 0 Å². The zero-order chi connectivity index (χ0) is 15.0. The number of carbonyl (C=O) groups excluding carboxylic acids is 1. The molecule has 0 bridgehead atoms. The molecule has 0 aliphatic carbocycles. The fourth-order valence-corrected chi connectivity index (χ4v) is 1.33. The van der Waals surface area contributed by atoms with Crippen LogP contribution in [0.2, 0.25) is 0 Å². The van der Waals surface area contributed by atoms with E-state index in [9.17, 15) is 4.79 Å². The van der Waals surface area contributed by atoms with Gasteiger partial charge in [0.05, 0.1) is 6.61 Å². The van der Waals surface area contributed by atoms with Crippen LogP contribution in [0.25, 0.3) is 0 Å². The molecule has 1 heterocycles. The van der Waals surface area contributed by atoms with E-state index in [0.29, 0.717) is 13.2 Å². The number of nitrogens with zero attached hydrogens (tertiary/aromatic N) is 3. The summed E-state index contributed by atoms with van der Waals surface area (Å²) in [6.07, 6.45) is 0.829. The molecular formula is C11H21N7O2. The van der Waals surface area contributed by atoms with Crippen molar-refractivity contribution in [3.05, 3.63) is 0 Å². The second-order valence-electron chi connectivity index (χ2n) is 4.02. The summed E-state index contributed by atoms with van der Waals surface area (Å²) in [5, 5.41) is 5.57. The van der Waals surface area contributed by atoms with Crippen LogP contribution in [0.5, 0.6) is 6.01 Å². The van der Waals surface area contributed by atoms with Gasteiger partial charge >= 0.3 is 6.01 Å². The first kappa shape index (κ1) is 15.9. The molecule has 0 saturated heterocycles. The minimum Gasteiger partial charge on any atom is -0.463 e. The summed E-state index contributed by atoms with van der Waals surface area (Å²) in [4.78, 5) is 23.7. The largest absolute Gasteiger partial charge is 0.463 e. The molecule has 0 aliphatic rings. The lowest BCUT2D eigenvalue weighted by Crippen LogP contribution is -2.37. The number of rotatable bonds is 8. The van der Waals surface area contributed by atoms with Crippen molar-refractivity contribution < 1.29 is 9.53 Å². The summed E-state index contributed by atoms with van der Waals surface area (Å²) in [6.45, 7) is 6.57. The lowest BCUT2D eigenvalue weighted by Gasteiger charge is -2.14. The van der Waals surface area contributed by atoms with Crippen LogP contribution in [0.15, 0.2) is 0 Å². The van der Waals surface area contributed by atoms with Gasteiger partial charge < -0.3 is 15.4 Å². The standard InChI is InChI=1S/C11H21N7O2/c1-4-6-20-11-16-9(15-10(17-11)18-12)14-7(3)8(19)13-5-2/h7H,4-6,12H2,1-3H3,(H,13,19)(H2,14,15,16,17,18). The molecule has 0 spiro atoms. The van der Waals surface area contributed by atoms with Crippen LogP contribution >= 0.6 is 0 Å². The zero-order valence-electron chi connectivity index (χ0n) is 11.9. The Balaban J connectivity index is 2.79. The highest BCUT2D eigenvalue weighted by molar-refractivity contribution is 5.83. The summed E-state index contributed by atoms with van der Waals surface area (Å²) in [5.74, 6) is 5.53. The van der Waals surface area contributed by atoms with Gasteiger partial charge in [-0.2, -0.15) is 15.0 Å². The van der Waals surface area contributed by atoms with Gasteiger partial charge in [0, 0.05) is 6.54 Å². The van der Waals surface area contributed by atoms with Crippen molar-refractivity contribution in [1.29, 1.82) is 0 Å². The maximum absolute atomic E-state index is 11.6. The zero-order valence-corrected chi connectivity index (χ0v) is 11.9. The molecule has 1 atom stereocenters. The van der Waals surface area contributed by atoms with Crippen LogP contribution in [0.1, 0.15) is 27.2 Å². The van der Waals surface area contributed by atoms with Crippen molar-refractivity contribution >= 4 is 17.8 Å². The number of amides is 1. The van der Waals surface area contributed by atoms with Gasteiger partial charge in [0.15, 0.2) is 0 Å². The molecule has 9 nitrogen and oxygen atoms in total. The summed E-state index contributed by atoms with van der Waals surface area (Å²) < 4.78 is 5.33. The van der Waals surface area contributed by atoms with Gasteiger partial charge in [0.2, 0.25) is 17.8 Å². The number of hydrogen-bond donors (Lipinski definition) is 4. The molecule has 112 valence electrons. The van der Waals surface area contributed by atoms with Crippen molar-refractivity contribution in [3.8, 4) is 6.01 Å². The molecule has 20 heavy (non-hydrogen) atoms. The van der Waals surface area contributed by atoms with E-state index < -0.39 is 6.04 Å². The average Bonchev–Trinajstić information content (AvgIpc) is 2.45. The predicted molar refractivity (Wildman–Crippen MR) is 75.2 cm³/mol. The van der Waals surface area contributed by atoms with Crippen molar-refractivity contribution in [1.82, 2.24) is 20.3 Å². The number of ether oxygens (including phenoxy) is 1. The molecule has 0 aromatic carbocycles. The third-order valence-electron chi connectivity index (χ3n) is 2.27. The summed E-state index contributed by atoms with van der Waals surface area (Å²) in [6, 6.07) is -0.331. The first-order valence-corrected chi connectivity index (χ1v) is 6.50. The van der Waals surface area contributed by atoms with Gasteiger partial charge in [0.25, 0.3) is 0 Å². The number of hydrazine groups is 1. The Labute approximate surface area is 117 Å². The van der Waals surface area contributed by atoms with E-state index in [1.54, 1.807) is 6.92 Å². The Bertz CT molecular complexity index is 441. The van der Waals surface area contributed by atoms with Gasteiger partial charge in [0.1, 0.15) is 6.04 Å². The van der Waals surface area contributed by atoms with Crippen LogP contribution in [0.4, 0.5) is 11.9 Å². The van der Waals surface area contributed by atoms with Crippen LogP contribution in [-0.2, 0) is 4.79 Å². The van der Waals surface area contributed by atoms with Gasteiger partial charge in [-0.05, 0) is 20.3 Å². The molecule has 1 rings (SSSR count). The first-order valence-electron chi connectivity index (χ1n) is 6.50. The van der Waals surface area contributed by atoms with E-state index in [2.05, 4.69) is 31.0 Å². The molecule has 0 fully saturated rings. The van der Waals surface area contributed by atoms with Crippen molar-refractivity contribution in [2.75, 3.05) is 23.9 Å². The van der Waals surface area contributed by atoms with Crippen LogP contribution < -0.4 is 26.6 Å². The Morgan fingerprint density at radius 3 is 2.60 bits per heavy atom. The summed E-state index contributed by atoms with van der Waals surface area (Å²) in [5.41, 5.74) is 2.33. The molecule has 1 unspecified atom stereocenters. The maximum atomic E-state index is 11.6. The number of carbonyl (C=O) groups is 1. The van der Waals surface area contributed by atoms with Crippen LogP contribution in [-0.4, -0.2) is 40.1 Å². The van der Waals surface area contributed by atoms with E-state index in [4.69, 9.17) is 10.6 Å². The topological polar surface area (TPSA) is 127 Å². The Morgan fingerprint density at radius 1 is 1.30 bits per heavy atom. The molecule has 0 aliphatic heterocycles. The quantitative estimate of drug-likeness (QED) is 0.384.